The Labute approximate surface area is 110 Å². The molecule has 4 heteroatoms. The maximum Gasteiger partial charge on any atom is 0.307 e. The molecule has 0 heterocycles. The number of aliphatic carboxylic acids is 1. The lowest BCUT2D eigenvalue weighted by Crippen LogP contribution is -2.31. The summed E-state index contributed by atoms with van der Waals surface area (Å²) in [4.78, 5) is 11.0. The van der Waals surface area contributed by atoms with E-state index in [1.165, 1.54) is 0 Å². The van der Waals surface area contributed by atoms with Gasteiger partial charge in [-0.25, -0.2) is 0 Å². The van der Waals surface area contributed by atoms with E-state index in [1.807, 2.05) is 38.1 Å². The van der Waals surface area contributed by atoms with Crippen LogP contribution in [0.15, 0.2) is 28.7 Å². The molecule has 0 aliphatic rings. The van der Waals surface area contributed by atoms with Crippen molar-refractivity contribution in [1.82, 2.24) is 0 Å². The van der Waals surface area contributed by atoms with E-state index in [4.69, 9.17) is 10.8 Å². The summed E-state index contributed by atoms with van der Waals surface area (Å²) in [6.45, 7) is 4.26. The first kappa shape index (κ1) is 14.2. The van der Waals surface area contributed by atoms with E-state index in [1.54, 1.807) is 0 Å². The van der Waals surface area contributed by atoms with Gasteiger partial charge in [-0.05, 0) is 29.5 Å². The standard InChI is InChI=1S/C13H18BrNO2/c1-13(2,7-9(8-15)12(16)17)10-3-5-11(14)6-4-10/h3-6,9H,7-8,15H2,1-2H3,(H,16,17). The minimum Gasteiger partial charge on any atom is -0.481 e. The van der Waals surface area contributed by atoms with Gasteiger partial charge in [-0.15, -0.1) is 0 Å². The minimum atomic E-state index is -0.822. The van der Waals surface area contributed by atoms with Gasteiger partial charge in [0.2, 0.25) is 0 Å². The van der Waals surface area contributed by atoms with Gasteiger partial charge in [-0.1, -0.05) is 41.9 Å². The maximum atomic E-state index is 11.0. The van der Waals surface area contributed by atoms with Gasteiger partial charge in [0.15, 0.2) is 0 Å². The molecule has 17 heavy (non-hydrogen) atoms. The Morgan fingerprint density at radius 2 is 1.94 bits per heavy atom. The van der Waals surface area contributed by atoms with Gasteiger partial charge >= 0.3 is 5.97 Å². The first-order chi connectivity index (χ1) is 7.86. The van der Waals surface area contributed by atoms with E-state index < -0.39 is 11.9 Å². The van der Waals surface area contributed by atoms with Crippen molar-refractivity contribution in [2.75, 3.05) is 6.54 Å². The molecule has 1 unspecified atom stereocenters. The van der Waals surface area contributed by atoms with Gasteiger partial charge in [0.05, 0.1) is 5.92 Å². The molecule has 3 N–H and O–H groups in total. The lowest BCUT2D eigenvalue weighted by Gasteiger charge is -2.28. The van der Waals surface area contributed by atoms with Crippen LogP contribution in [0.1, 0.15) is 25.8 Å². The molecular weight excluding hydrogens is 282 g/mol. The van der Waals surface area contributed by atoms with Gasteiger partial charge in [0.25, 0.3) is 0 Å². The molecule has 0 aliphatic carbocycles. The van der Waals surface area contributed by atoms with E-state index in [0.29, 0.717) is 6.42 Å². The van der Waals surface area contributed by atoms with Crippen LogP contribution in [0.25, 0.3) is 0 Å². The molecule has 0 bridgehead atoms. The Hall–Kier alpha value is -0.870. The van der Waals surface area contributed by atoms with E-state index in [-0.39, 0.29) is 12.0 Å². The van der Waals surface area contributed by atoms with Crippen LogP contribution in [0.4, 0.5) is 0 Å². The van der Waals surface area contributed by atoms with E-state index >= 15 is 0 Å². The molecule has 3 nitrogen and oxygen atoms in total. The number of carbonyl (C=O) groups is 1. The Balaban J connectivity index is 2.87. The van der Waals surface area contributed by atoms with E-state index in [9.17, 15) is 4.79 Å². The molecule has 0 amide bonds. The predicted octanol–water partition coefficient (Wildman–Crippen LogP) is 2.78. The van der Waals surface area contributed by atoms with Crippen LogP contribution < -0.4 is 5.73 Å². The van der Waals surface area contributed by atoms with E-state index in [0.717, 1.165) is 10.0 Å². The fraction of sp³-hybridized carbons (Fsp3) is 0.462. The van der Waals surface area contributed by atoms with Crippen LogP contribution in [-0.4, -0.2) is 17.6 Å². The highest BCUT2D eigenvalue weighted by molar-refractivity contribution is 9.10. The molecule has 0 spiro atoms. The van der Waals surface area contributed by atoms with Crippen LogP contribution in [0.2, 0.25) is 0 Å². The maximum absolute atomic E-state index is 11.0. The summed E-state index contributed by atoms with van der Waals surface area (Å²) < 4.78 is 1.02. The second kappa shape index (κ2) is 5.65. The number of benzene rings is 1. The fourth-order valence-electron chi connectivity index (χ4n) is 1.91. The monoisotopic (exact) mass is 299 g/mol. The number of carboxylic acids is 1. The number of carboxylic acid groups (broad SMARTS) is 1. The topological polar surface area (TPSA) is 63.3 Å². The van der Waals surface area contributed by atoms with Gasteiger partial charge < -0.3 is 10.8 Å². The van der Waals surface area contributed by atoms with Crippen LogP contribution in [0, 0.1) is 5.92 Å². The van der Waals surface area contributed by atoms with Gasteiger partial charge in [0, 0.05) is 11.0 Å². The molecule has 0 saturated carbocycles. The second-order valence-electron chi connectivity index (χ2n) is 4.87. The summed E-state index contributed by atoms with van der Waals surface area (Å²) in [5, 5.41) is 9.04. The third-order valence-corrected chi connectivity index (χ3v) is 3.54. The number of nitrogens with two attached hydrogens (primary N) is 1. The summed E-state index contributed by atoms with van der Waals surface area (Å²) in [5.41, 5.74) is 6.43. The second-order valence-corrected chi connectivity index (χ2v) is 5.78. The number of halogens is 1. The van der Waals surface area contributed by atoms with E-state index in [2.05, 4.69) is 15.9 Å². The Bertz CT molecular complexity index is 387. The number of rotatable bonds is 5. The van der Waals surface area contributed by atoms with Crippen LogP contribution >= 0.6 is 15.9 Å². The first-order valence-electron chi connectivity index (χ1n) is 5.56. The summed E-state index contributed by atoms with van der Waals surface area (Å²) in [7, 11) is 0. The molecule has 1 aromatic carbocycles. The van der Waals surface area contributed by atoms with Crippen molar-refractivity contribution in [1.29, 1.82) is 0 Å². The molecule has 94 valence electrons. The number of hydrogen-bond donors (Lipinski definition) is 2. The van der Waals surface area contributed by atoms with Gasteiger partial charge in [0.1, 0.15) is 0 Å². The molecular formula is C13H18BrNO2. The molecule has 0 aromatic heterocycles. The fourth-order valence-corrected chi connectivity index (χ4v) is 2.17. The highest BCUT2D eigenvalue weighted by Crippen LogP contribution is 2.31. The van der Waals surface area contributed by atoms with Crippen molar-refractivity contribution < 1.29 is 9.90 Å². The molecule has 1 aromatic rings. The molecule has 1 atom stereocenters. The predicted molar refractivity (Wildman–Crippen MR) is 72.0 cm³/mol. The lowest BCUT2D eigenvalue weighted by atomic mass is 9.77. The van der Waals surface area contributed by atoms with Crippen molar-refractivity contribution in [2.24, 2.45) is 11.7 Å². The highest BCUT2D eigenvalue weighted by atomic mass is 79.9. The quantitative estimate of drug-likeness (QED) is 0.879. The molecule has 1 rings (SSSR count). The summed E-state index contributed by atoms with van der Waals surface area (Å²) in [6.07, 6.45) is 0.542. The summed E-state index contributed by atoms with van der Waals surface area (Å²) >= 11 is 3.39. The lowest BCUT2D eigenvalue weighted by molar-refractivity contribution is -0.142. The Morgan fingerprint density at radius 1 is 1.41 bits per heavy atom. The molecule has 0 aliphatic heterocycles. The van der Waals surface area contributed by atoms with Crippen LogP contribution in [0.5, 0.6) is 0 Å². The highest BCUT2D eigenvalue weighted by Gasteiger charge is 2.28. The van der Waals surface area contributed by atoms with Crippen LogP contribution in [-0.2, 0) is 10.2 Å². The largest absolute Gasteiger partial charge is 0.481 e. The zero-order valence-corrected chi connectivity index (χ0v) is 11.7. The zero-order valence-electron chi connectivity index (χ0n) is 10.1. The summed E-state index contributed by atoms with van der Waals surface area (Å²) in [5.74, 6) is -1.31. The Morgan fingerprint density at radius 3 is 2.35 bits per heavy atom. The third-order valence-electron chi connectivity index (χ3n) is 3.02. The minimum absolute atomic E-state index is 0.176. The van der Waals surface area contributed by atoms with Crippen molar-refractivity contribution in [3.05, 3.63) is 34.3 Å². The average molecular weight is 300 g/mol. The van der Waals surface area contributed by atoms with Crippen molar-refractivity contribution >= 4 is 21.9 Å². The molecule has 0 radical (unpaired) electrons. The Kier molecular flexibility index (Phi) is 4.71. The average Bonchev–Trinajstić information content (AvgIpc) is 2.26. The first-order valence-corrected chi connectivity index (χ1v) is 6.35. The third kappa shape index (κ3) is 3.82. The van der Waals surface area contributed by atoms with Crippen molar-refractivity contribution in [2.45, 2.75) is 25.7 Å². The number of hydrogen-bond acceptors (Lipinski definition) is 2. The zero-order chi connectivity index (χ0) is 13.1. The van der Waals surface area contributed by atoms with Crippen LogP contribution in [0.3, 0.4) is 0 Å². The SMILES string of the molecule is CC(C)(CC(CN)C(=O)O)c1ccc(Br)cc1. The smallest absolute Gasteiger partial charge is 0.307 e. The van der Waals surface area contributed by atoms with Crippen molar-refractivity contribution in [3.8, 4) is 0 Å². The van der Waals surface area contributed by atoms with Gasteiger partial charge in [-0.3, -0.25) is 4.79 Å². The summed E-state index contributed by atoms with van der Waals surface area (Å²) in [6, 6.07) is 7.96. The molecule has 0 fully saturated rings. The molecule has 0 saturated heterocycles. The van der Waals surface area contributed by atoms with Crippen molar-refractivity contribution in [3.63, 3.8) is 0 Å². The van der Waals surface area contributed by atoms with Gasteiger partial charge in [-0.2, -0.15) is 0 Å². The normalized spacial score (nSPS) is 13.4.